The van der Waals surface area contributed by atoms with Gasteiger partial charge < -0.3 is 23.6 Å². The molecule has 0 aromatic rings. The highest BCUT2D eigenvalue weighted by Crippen LogP contribution is 2.43. The second-order valence-electron chi connectivity index (χ2n) is 18.9. The first-order valence-corrected chi connectivity index (χ1v) is 27.3. The quantitative estimate of drug-likeness (QED) is 0.0159. The lowest BCUT2D eigenvalue weighted by atomic mass is 10.0. The van der Waals surface area contributed by atoms with Gasteiger partial charge in [0, 0.05) is 12.8 Å². The van der Waals surface area contributed by atoms with Crippen molar-refractivity contribution in [3.8, 4) is 0 Å². The van der Waals surface area contributed by atoms with Crippen LogP contribution in [0.1, 0.15) is 219 Å². The number of allylic oxidation sites excluding steroid dienone is 4. The van der Waals surface area contributed by atoms with Crippen LogP contribution in [0.5, 0.6) is 0 Å². The largest absolute Gasteiger partial charge is 0.472 e. The predicted molar refractivity (Wildman–Crippen MR) is 261 cm³/mol. The van der Waals surface area contributed by atoms with Crippen molar-refractivity contribution in [1.29, 1.82) is 0 Å². The van der Waals surface area contributed by atoms with Crippen molar-refractivity contribution >= 4 is 19.8 Å². The Morgan fingerprint density at radius 1 is 0.571 bits per heavy atom. The topological polar surface area (TPSA) is 121 Å². The summed E-state index contributed by atoms with van der Waals surface area (Å²) >= 11 is 0. The smallest absolute Gasteiger partial charge is 0.462 e. The summed E-state index contributed by atoms with van der Waals surface area (Å²) in [5.74, 6) is -0.863. The van der Waals surface area contributed by atoms with Crippen LogP contribution in [-0.4, -0.2) is 87.1 Å². The van der Waals surface area contributed by atoms with E-state index in [-0.39, 0.29) is 38.3 Å². The van der Waals surface area contributed by atoms with E-state index in [0.717, 1.165) is 38.5 Å². The fraction of sp³-hybridized carbons (Fsp3) is 0.846. The van der Waals surface area contributed by atoms with Crippen LogP contribution in [0, 0.1) is 0 Å². The molecule has 63 heavy (non-hydrogen) atoms. The fourth-order valence-electron chi connectivity index (χ4n) is 7.40. The van der Waals surface area contributed by atoms with Gasteiger partial charge in [0.25, 0.3) is 0 Å². The van der Waals surface area contributed by atoms with Gasteiger partial charge in [-0.1, -0.05) is 192 Å². The van der Waals surface area contributed by atoms with Crippen LogP contribution >= 0.6 is 7.82 Å². The van der Waals surface area contributed by atoms with E-state index in [1.807, 2.05) is 21.1 Å². The average Bonchev–Trinajstić information content (AvgIpc) is 4.00. The number of hydrogen-bond acceptors (Lipinski definition) is 8. The molecule has 1 rings (SSSR count). The molecule has 3 unspecified atom stereocenters. The third-order valence-corrected chi connectivity index (χ3v) is 12.6. The van der Waals surface area contributed by atoms with Gasteiger partial charge in [0.05, 0.1) is 40.0 Å². The number of nitrogens with zero attached hydrogens (tertiary/aromatic N) is 1. The normalized spacial score (nSPS) is 16.9. The van der Waals surface area contributed by atoms with E-state index in [1.54, 1.807) is 0 Å². The monoisotopic (exact) mass is 911 g/mol. The third-order valence-electron chi connectivity index (χ3n) is 11.6. The van der Waals surface area contributed by atoms with E-state index in [9.17, 15) is 19.0 Å². The van der Waals surface area contributed by atoms with Crippen molar-refractivity contribution in [2.24, 2.45) is 0 Å². The van der Waals surface area contributed by atoms with Gasteiger partial charge >= 0.3 is 19.8 Å². The zero-order valence-electron chi connectivity index (χ0n) is 41.3. The number of rotatable bonds is 46. The molecule has 0 bridgehead atoms. The molecule has 0 saturated carbocycles. The summed E-state index contributed by atoms with van der Waals surface area (Å²) in [5, 5.41) is 0. The molecule has 0 amide bonds. The van der Waals surface area contributed by atoms with Gasteiger partial charge in [-0.3, -0.25) is 18.6 Å². The minimum absolute atomic E-state index is 0.0214. The van der Waals surface area contributed by atoms with Crippen molar-refractivity contribution in [3.63, 3.8) is 0 Å². The molecule has 1 aliphatic heterocycles. The molecule has 1 N–H and O–H groups in total. The number of carbonyl (C=O) groups is 2. The highest BCUT2D eigenvalue weighted by atomic mass is 31.2. The average molecular weight is 911 g/mol. The minimum Gasteiger partial charge on any atom is -0.462 e. The summed E-state index contributed by atoms with van der Waals surface area (Å²) < 4.78 is 40.2. The van der Waals surface area contributed by atoms with Gasteiger partial charge in [-0.25, -0.2) is 4.57 Å². The maximum absolute atomic E-state index is 12.8. The van der Waals surface area contributed by atoms with E-state index in [1.165, 1.54) is 141 Å². The van der Waals surface area contributed by atoms with E-state index < -0.39 is 32.5 Å². The highest BCUT2D eigenvalue weighted by molar-refractivity contribution is 7.47. The number of phosphoric ester groups is 1. The molecule has 1 saturated heterocycles. The number of carbonyl (C=O) groups excluding carboxylic acids is 2. The van der Waals surface area contributed by atoms with E-state index in [0.29, 0.717) is 23.9 Å². The van der Waals surface area contributed by atoms with Gasteiger partial charge in [0.2, 0.25) is 0 Å². The van der Waals surface area contributed by atoms with Crippen LogP contribution < -0.4 is 0 Å². The SMILES string of the molecule is CCCCC/C=C\C/C=C\CC1OC1C/C=C\CCCC(=O)OC[C@H](COP(=O)(O)OCC[N+](C)(C)C)OC(=O)CCCCCCCCCCCCCCCCCCCCCCC. The van der Waals surface area contributed by atoms with Crippen molar-refractivity contribution < 1.29 is 46.8 Å². The Morgan fingerprint density at radius 3 is 1.56 bits per heavy atom. The Morgan fingerprint density at radius 2 is 1.02 bits per heavy atom. The molecule has 1 fully saturated rings. The van der Waals surface area contributed by atoms with Crippen LogP contribution in [0.25, 0.3) is 0 Å². The van der Waals surface area contributed by atoms with Gasteiger partial charge in [-0.15, -0.1) is 0 Å². The number of hydrogen-bond donors (Lipinski definition) is 1. The van der Waals surface area contributed by atoms with E-state index >= 15 is 0 Å². The molecular weight excluding hydrogens is 814 g/mol. The molecular formula is C52H97NO9P+. The van der Waals surface area contributed by atoms with Gasteiger partial charge in [-0.05, 0) is 51.4 Å². The Bertz CT molecular complexity index is 1230. The number of phosphoric acid groups is 1. The number of esters is 2. The zero-order valence-corrected chi connectivity index (χ0v) is 42.2. The minimum atomic E-state index is -4.40. The van der Waals surface area contributed by atoms with Crippen LogP contribution in [0.4, 0.5) is 0 Å². The molecule has 1 aliphatic rings. The first kappa shape index (κ1) is 59.2. The number of epoxide rings is 1. The van der Waals surface area contributed by atoms with Crippen LogP contribution in [0.2, 0.25) is 0 Å². The van der Waals surface area contributed by atoms with Gasteiger partial charge in [-0.2, -0.15) is 0 Å². The van der Waals surface area contributed by atoms with Crippen LogP contribution in [-0.2, 0) is 37.4 Å². The molecule has 0 spiro atoms. The molecule has 1 heterocycles. The second-order valence-corrected chi connectivity index (χ2v) is 20.4. The first-order chi connectivity index (χ1) is 30.5. The molecule has 0 aliphatic carbocycles. The summed E-state index contributed by atoms with van der Waals surface area (Å²) in [4.78, 5) is 35.6. The Hall–Kier alpha value is -1.81. The zero-order chi connectivity index (χ0) is 46.1. The number of ether oxygens (including phenoxy) is 3. The van der Waals surface area contributed by atoms with Gasteiger partial charge in [0.1, 0.15) is 19.8 Å². The van der Waals surface area contributed by atoms with Crippen LogP contribution in [0.15, 0.2) is 36.5 Å². The molecule has 4 atom stereocenters. The third kappa shape index (κ3) is 41.4. The van der Waals surface area contributed by atoms with E-state index in [2.05, 4.69) is 50.3 Å². The lowest BCUT2D eigenvalue weighted by molar-refractivity contribution is -0.870. The summed E-state index contributed by atoms with van der Waals surface area (Å²) in [7, 11) is 1.45. The fourth-order valence-corrected chi connectivity index (χ4v) is 8.14. The Kier molecular flexibility index (Phi) is 38.0. The number of quaternary nitrogens is 1. The number of unbranched alkanes of at least 4 members (excludes halogenated alkanes) is 24. The summed E-state index contributed by atoms with van der Waals surface area (Å²) in [6.45, 7) is 4.35. The Balaban J connectivity index is 2.24. The highest BCUT2D eigenvalue weighted by Gasteiger charge is 2.36. The second kappa shape index (κ2) is 40.5. The van der Waals surface area contributed by atoms with Gasteiger partial charge in [0.15, 0.2) is 6.10 Å². The Labute approximate surface area is 386 Å². The lowest BCUT2D eigenvalue weighted by Crippen LogP contribution is -2.37. The number of likely N-dealkylation sites (N-methyl/N-ethyl adjacent to an activating group) is 1. The van der Waals surface area contributed by atoms with Crippen LogP contribution in [0.3, 0.4) is 0 Å². The molecule has 0 aromatic heterocycles. The van der Waals surface area contributed by atoms with Crippen molar-refractivity contribution in [1.82, 2.24) is 0 Å². The maximum Gasteiger partial charge on any atom is 0.472 e. The molecule has 368 valence electrons. The standard InChI is InChI=1S/C52H96NO9P/c1-6-8-10-12-14-16-17-18-19-20-21-22-23-24-25-26-27-29-31-33-39-43-52(55)61-48(47-60-63(56,57)59-45-44-53(3,4)5)46-58-51(54)42-38-35-34-37-41-50-49(62-50)40-36-32-30-28-15-13-11-9-7-2/h15,28,32,34,36-37,48-50H,6-14,16-27,29-31,33,35,38-47H2,1-5H3/p+1/b28-15-,36-32-,37-34-/t48-,49?,50?/m1/s1. The van der Waals surface area contributed by atoms with Crippen molar-refractivity contribution in [2.75, 3.05) is 47.5 Å². The molecule has 0 aromatic carbocycles. The summed E-state index contributed by atoms with van der Waals surface area (Å²) in [5.41, 5.74) is 0. The van der Waals surface area contributed by atoms with Crippen molar-refractivity contribution in [2.45, 2.75) is 238 Å². The summed E-state index contributed by atoms with van der Waals surface area (Å²) in [6, 6.07) is 0. The lowest BCUT2D eigenvalue weighted by Gasteiger charge is -2.24. The molecule has 0 radical (unpaired) electrons. The van der Waals surface area contributed by atoms with E-state index in [4.69, 9.17) is 23.3 Å². The summed E-state index contributed by atoms with van der Waals surface area (Å²) in [6.07, 6.45) is 49.4. The molecule has 11 heteroatoms. The predicted octanol–water partition coefficient (Wildman–Crippen LogP) is 14.2. The first-order valence-electron chi connectivity index (χ1n) is 25.8. The molecule has 10 nitrogen and oxygen atoms in total. The van der Waals surface area contributed by atoms with Crippen molar-refractivity contribution in [3.05, 3.63) is 36.5 Å². The maximum atomic E-state index is 12.8.